The Bertz CT molecular complexity index is 1920. The molecule has 0 radical (unpaired) electrons. The molecule has 0 spiro atoms. The summed E-state index contributed by atoms with van der Waals surface area (Å²) in [6.07, 6.45) is -15.8. The van der Waals surface area contributed by atoms with Crippen molar-refractivity contribution >= 4 is 19.3 Å². The second-order valence-electron chi connectivity index (χ2n) is 13.0. The van der Waals surface area contributed by atoms with Gasteiger partial charge < -0.3 is 29.4 Å². The van der Waals surface area contributed by atoms with Crippen LogP contribution in [-0.2, 0) is 30.1 Å². The monoisotopic (exact) mass is 834 g/mol. The van der Waals surface area contributed by atoms with Crippen LogP contribution in [0.4, 0.5) is 39.5 Å². The molecule has 0 saturated carbocycles. The largest absolute Gasteiger partial charge is 1.00 e. The summed E-state index contributed by atoms with van der Waals surface area (Å²) in [7, 11) is -1.17. The molecule has 14 heteroatoms. The quantitative estimate of drug-likeness (QED) is 0.192. The van der Waals surface area contributed by atoms with E-state index in [0.29, 0.717) is 5.56 Å². The molecule has 0 fully saturated rings. The average Bonchev–Trinajstić information content (AvgIpc) is 3.67. The predicted molar refractivity (Wildman–Crippen MR) is 167 cm³/mol. The van der Waals surface area contributed by atoms with E-state index in [1.54, 1.807) is 28.6 Å². The molecule has 4 aromatic rings. The SMILES string of the molecule is CC1=C2c3ccn(-c4ccccc4)c3C1[Si]2(C)C.CC1=Cc2c(-c3ccc(C(C(F)(F)F)(C(F)(F)F)C(F)(F)F)cc3)cccc2[CH]1[Zr+2].[Cl-].[Cl-]. The fourth-order valence-corrected chi connectivity index (χ4v) is 13.0. The maximum atomic E-state index is 13.3. The molecule has 0 N–H and O–H groups in total. The summed E-state index contributed by atoms with van der Waals surface area (Å²) in [6.45, 7) is 9.24. The summed E-state index contributed by atoms with van der Waals surface area (Å²) in [6, 6.07) is 20.4. The maximum absolute atomic E-state index is 13.3. The van der Waals surface area contributed by atoms with Gasteiger partial charge in [-0.25, -0.2) is 0 Å². The van der Waals surface area contributed by atoms with E-state index in [2.05, 4.69) is 67.2 Å². The van der Waals surface area contributed by atoms with Crippen LogP contribution in [0.1, 0.15) is 51.0 Å². The number of halogens is 11. The smallest absolute Gasteiger partial charge is 1.00 e. The first-order chi connectivity index (χ1) is 22.2. The average molecular weight is 837 g/mol. The van der Waals surface area contributed by atoms with Crippen molar-refractivity contribution < 1.29 is 89.0 Å². The van der Waals surface area contributed by atoms with Crippen molar-refractivity contribution in [2.75, 3.05) is 0 Å². The van der Waals surface area contributed by atoms with Gasteiger partial charge in [0.15, 0.2) is 0 Å². The zero-order chi connectivity index (χ0) is 35.2. The van der Waals surface area contributed by atoms with Gasteiger partial charge in [-0.15, -0.1) is 0 Å². The van der Waals surface area contributed by atoms with Gasteiger partial charge in [0, 0.05) is 23.1 Å². The molecule has 3 heterocycles. The number of hydrogen-bond donors (Lipinski definition) is 0. The van der Waals surface area contributed by atoms with Crippen molar-refractivity contribution in [2.24, 2.45) is 0 Å². The number of allylic oxidation sites excluding steroid dienone is 2. The van der Waals surface area contributed by atoms with Crippen LogP contribution in [0.3, 0.4) is 0 Å². The molecule has 263 valence electrons. The molecule has 2 aliphatic heterocycles. The first-order valence-corrected chi connectivity index (χ1v) is 19.6. The number of aromatic nitrogens is 1. The Balaban J connectivity index is 0.000000239. The number of fused-ring (bicyclic) bond motifs is 1. The van der Waals surface area contributed by atoms with Crippen LogP contribution < -0.4 is 24.8 Å². The number of benzene rings is 3. The molecule has 2 bridgehead atoms. The second kappa shape index (κ2) is 13.5. The zero-order valence-corrected chi connectivity index (χ0v) is 31.9. The van der Waals surface area contributed by atoms with Crippen LogP contribution in [-0.4, -0.2) is 31.2 Å². The van der Waals surface area contributed by atoms with Crippen LogP contribution in [0.25, 0.3) is 28.1 Å². The van der Waals surface area contributed by atoms with Gasteiger partial charge in [-0.05, 0) is 30.7 Å². The summed E-state index contributed by atoms with van der Waals surface area (Å²) in [5, 5.41) is 1.72. The topological polar surface area (TPSA) is 4.93 Å². The normalized spacial score (nSPS) is 18.9. The van der Waals surface area contributed by atoms with Crippen LogP contribution >= 0.6 is 0 Å². The molecule has 0 amide bonds. The number of rotatable bonds is 3. The maximum Gasteiger partial charge on any atom is -1.00 e. The second-order valence-corrected chi connectivity index (χ2v) is 18.9. The van der Waals surface area contributed by atoms with Crippen LogP contribution in [0.5, 0.6) is 0 Å². The van der Waals surface area contributed by atoms with Gasteiger partial charge in [0.1, 0.15) is 0 Å². The number of hydrogen-bond acceptors (Lipinski definition) is 0. The molecular formula is C36H29Cl2F9NSiZr. The summed E-state index contributed by atoms with van der Waals surface area (Å²) in [5.41, 5.74) is 2.42. The van der Waals surface area contributed by atoms with E-state index in [0.717, 1.165) is 34.4 Å². The van der Waals surface area contributed by atoms with Crippen LogP contribution in [0, 0.1) is 0 Å². The van der Waals surface area contributed by atoms with Gasteiger partial charge in [0.2, 0.25) is 0 Å². The molecule has 50 heavy (non-hydrogen) atoms. The number of alkyl halides is 9. The van der Waals surface area contributed by atoms with Gasteiger partial charge in [-0.1, -0.05) is 42.1 Å². The molecule has 2 atom stereocenters. The molecule has 2 unspecified atom stereocenters. The third-order valence-electron chi connectivity index (χ3n) is 9.88. The van der Waals surface area contributed by atoms with E-state index in [1.165, 1.54) is 36.0 Å². The predicted octanol–water partition coefficient (Wildman–Crippen LogP) is 5.44. The van der Waals surface area contributed by atoms with Crippen molar-refractivity contribution in [1.82, 2.24) is 4.57 Å². The van der Waals surface area contributed by atoms with Gasteiger partial charge in [-0.2, -0.15) is 0 Å². The zero-order valence-electron chi connectivity index (χ0n) is 26.9. The van der Waals surface area contributed by atoms with E-state index in [9.17, 15) is 39.5 Å². The van der Waals surface area contributed by atoms with Gasteiger partial charge in [-0.3, -0.25) is 0 Å². The van der Waals surface area contributed by atoms with E-state index >= 15 is 0 Å². The molecule has 8 rings (SSSR count). The Morgan fingerprint density at radius 3 is 1.76 bits per heavy atom. The Hall–Kier alpha value is -2.53. The minimum absolute atomic E-state index is 0. The van der Waals surface area contributed by atoms with E-state index in [-0.39, 0.29) is 46.1 Å². The van der Waals surface area contributed by atoms with Crippen molar-refractivity contribution in [3.63, 3.8) is 0 Å². The van der Waals surface area contributed by atoms with E-state index in [1.807, 2.05) is 19.1 Å². The minimum atomic E-state index is -6.63. The van der Waals surface area contributed by atoms with Crippen molar-refractivity contribution in [3.8, 4) is 16.8 Å². The summed E-state index contributed by atoms with van der Waals surface area (Å²) < 4.78 is 122. The Morgan fingerprint density at radius 2 is 1.24 bits per heavy atom. The molecule has 2 aliphatic carbocycles. The van der Waals surface area contributed by atoms with Crippen LogP contribution in [0.15, 0.2) is 96.2 Å². The third-order valence-corrected chi connectivity index (χ3v) is 15.9. The molecule has 3 aromatic carbocycles. The third kappa shape index (κ3) is 5.90. The van der Waals surface area contributed by atoms with Gasteiger partial charge >= 0.3 is 181 Å². The minimum Gasteiger partial charge on any atom is -1.00 e. The van der Waals surface area contributed by atoms with Gasteiger partial charge in [0.05, 0.1) is 8.07 Å². The first-order valence-electron chi connectivity index (χ1n) is 15.1. The molecule has 4 aliphatic rings. The fourth-order valence-electron chi connectivity index (χ4n) is 7.81. The standard InChI is InChI=1S/C20H12F9.C16H17NSi.2ClH.Zr/c1-11-9-13-3-2-4-15(16(13)10-11)12-5-7-14(8-6-12)17(18(21,22)23,19(24,25)26)20(27,28)29;1-11-15-13-9-10-17(12-7-5-4-6-8-12)14(13)16(11)18(15,2)3;;;/h2-10H,1H3;4-10,16H,1-3H3;2*1H;/q;;;;+2/p-2. The Labute approximate surface area is 312 Å². The Kier molecular flexibility index (Phi) is 10.8. The molecular weight excluding hydrogens is 808 g/mol. The molecule has 1 aromatic heterocycles. The number of para-hydroxylation sites is 1. The van der Waals surface area contributed by atoms with Crippen molar-refractivity contribution in [1.29, 1.82) is 0 Å². The molecule has 1 nitrogen and oxygen atoms in total. The fraction of sp³-hybridized carbons (Fsp3) is 0.278. The molecule has 0 saturated heterocycles. The van der Waals surface area contributed by atoms with Crippen molar-refractivity contribution in [2.45, 2.75) is 60.1 Å². The summed E-state index contributed by atoms with van der Waals surface area (Å²) >= 11 is 1.21. The Morgan fingerprint density at radius 1 is 0.680 bits per heavy atom. The first kappa shape index (κ1) is 40.2. The van der Waals surface area contributed by atoms with Crippen molar-refractivity contribution in [3.05, 3.63) is 124 Å². The van der Waals surface area contributed by atoms with E-state index < -0.39 is 37.6 Å². The van der Waals surface area contributed by atoms with E-state index in [4.69, 9.17) is 0 Å². The van der Waals surface area contributed by atoms with Crippen LogP contribution in [0.2, 0.25) is 13.1 Å². The summed E-state index contributed by atoms with van der Waals surface area (Å²) in [4.78, 5) is 0. The number of nitrogens with zero attached hydrogens (tertiary/aromatic N) is 1. The van der Waals surface area contributed by atoms with Gasteiger partial charge in [0.25, 0.3) is 0 Å². The summed E-state index contributed by atoms with van der Waals surface area (Å²) in [5.74, 6) is 0.